The van der Waals surface area contributed by atoms with E-state index in [2.05, 4.69) is 5.32 Å². The van der Waals surface area contributed by atoms with E-state index in [4.69, 9.17) is 11.6 Å². The number of halogens is 1. The van der Waals surface area contributed by atoms with Gasteiger partial charge in [-0.3, -0.25) is 4.79 Å². The van der Waals surface area contributed by atoms with Crippen molar-refractivity contribution in [1.82, 2.24) is 5.32 Å². The highest BCUT2D eigenvalue weighted by molar-refractivity contribution is 6.30. The molecule has 4 nitrogen and oxygen atoms in total. The number of hydrogen-bond donors (Lipinski definition) is 1. The van der Waals surface area contributed by atoms with Gasteiger partial charge in [0.15, 0.2) is 12.4 Å². The molecule has 0 aliphatic rings. The van der Waals surface area contributed by atoms with Crippen LogP contribution in [0.4, 0.5) is 0 Å². The number of nitrogens with one attached hydrogen (secondary N) is 1. The second-order valence-electron chi connectivity index (χ2n) is 5.32. The molecule has 0 fully saturated rings. The highest BCUT2D eigenvalue weighted by atomic mass is 35.5. The highest BCUT2D eigenvalue weighted by Gasteiger charge is 2.18. The van der Waals surface area contributed by atoms with Crippen molar-refractivity contribution in [2.45, 2.75) is 6.04 Å². The Balaban J connectivity index is 1.93. The summed E-state index contributed by atoms with van der Waals surface area (Å²) < 4.78 is 0.606. The average Bonchev–Trinajstić information content (AvgIpc) is 2.61. The van der Waals surface area contributed by atoms with E-state index >= 15 is 0 Å². The van der Waals surface area contributed by atoms with Crippen molar-refractivity contribution in [3.8, 4) is 0 Å². The minimum absolute atomic E-state index is 0.308. The van der Waals surface area contributed by atoms with Crippen LogP contribution in [0, 0.1) is 5.21 Å². The van der Waals surface area contributed by atoms with Gasteiger partial charge in [-0.2, -0.15) is 4.73 Å². The molecule has 1 amide bonds. The van der Waals surface area contributed by atoms with E-state index in [1.54, 1.807) is 24.3 Å². The first kappa shape index (κ1) is 16.0. The second kappa shape index (κ2) is 7.15. The minimum atomic E-state index is -0.337. The van der Waals surface area contributed by atoms with E-state index in [1.807, 2.05) is 42.5 Å². The third-order valence-corrected chi connectivity index (χ3v) is 3.90. The summed E-state index contributed by atoms with van der Waals surface area (Å²) in [7, 11) is 0. The smallest absolute Gasteiger partial charge is 0.258 e. The zero-order chi connectivity index (χ0) is 16.9. The lowest BCUT2D eigenvalue weighted by molar-refractivity contribution is -0.605. The van der Waals surface area contributed by atoms with Crippen LogP contribution < -0.4 is 10.0 Å². The molecule has 0 radical (unpaired) electrons. The quantitative estimate of drug-likeness (QED) is 0.584. The van der Waals surface area contributed by atoms with Crippen LogP contribution in [0.3, 0.4) is 0 Å². The van der Waals surface area contributed by atoms with Crippen molar-refractivity contribution in [3.05, 3.63) is 106 Å². The normalized spacial score (nSPS) is 11.7. The van der Waals surface area contributed by atoms with Gasteiger partial charge in [-0.15, -0.1) is 0 Å². The minimum Gasteiger partial charge on any atom is -0.619 e. The molecule has 3 aromatic rings. The Morgan fingerprint density at radius 1 is 0.958 bits per heavy atom. The molecule has 0 aliphatic carbocycles. The Labute approximate surface area is 144 Å². The lowest BCUT2D eigenvalue weighted by Crippen LogP contribution is -2.32. The van der Waals surface area contributed by atoms with Crippen molar-refractivity contribution in [2.24, 2.45) is 0 Å². The first-order valence-electron chi connectivity index (χ1n) is 7.43. The Morgan fingerprint density at radius 2 is 1.62 bits per heavy atom. The Hall–Kier alpha value is -2.85. The molecule has 1 N–H and O–H groups in total. The summed E-state index contributed by atoms with van der Waals surface area (Å²) in [6, 6.07) is 19.8. The predicted octanol–water partition coefficient (Wildman–Crippen LogP) is 3.49. The van der Waals surface area contributed by atoms with Crippen LogP contribution in [-0.2, 0) is 0 Å². The van der Waals surface area contributed by atoms with Gasteiger partial charge in [-0.25, -0.2) is 0 Å². The molecule has 0 bridgehead atoms. The molecule has 0 unspecified atom stereocenters. The van der Waals surface area contributed by atoms with Gasteiger partial charge in [0.2, 0.25) is 0 Å². The van der Waals surface area contributed by atoms with Crippen molar-refractivity contribution in [3.63, 3.8) is 0 Å². The summed E-state index contributed by atoms with van der Waals surface area (Å²) >= 11 is 5.96. The molecule has 0 spiro atoms. The number of nitrogens with zero attached hydrogens (tertiary/aromatic N) is 1. The number of benzene rings is 2. The monoisotopic (exact) mass is 338 g/mol. The molecule has 120 valence electrons. The third-order valence-electron chi connectivity index (χ3n) is 3.65. The van der Waals surface area contributed by atoms with Crippen molar-refractivity contribution in [1.29, 1.82) is 0 Å². The van der Waals surface area contributed by atoms with Crippen LogP contribution in [0.5, 0.6) is 0 Å². The summed E-state index contributed by atoms with van der Waals surface area (Å²) in [6.45, 7) is 0. The van der Waals surface area contributed by atoms with E-state index in [0.717, 1.165) is 11.1 Å². The van der Waals surface area contributed by atoms with Crippen LogP contribution >= 0.6 is 11.6 Å². The zero-order valence-corrected chi connectivity index (χ0v) is 13.5. The van der Waals surface area contributed by atoms with E-state index in [0.29, 0.717) is 15.3 Å². The molecule has 0 aliphatic heterocycles. The molecule has 3 rings (SSSR count). The topological polar surface area (TPSA) is 56.0 Å². The molecular formula is C19H15ClN2O2. The number of pyridine rings is 1. The molecule has 2 aromatic carbocycles. The third kappa shape index (κ3) is 3.73. The van der Waals surface area contributed by atoms with Gasteiger partial charge in [0.05, 0.1) is 6.04 Å². The second-order valence-corrected chi connectivity index (χ2v) is 5.76. The summed E-state index contributed by atoms with van der Waals surface area (Å²) in [4.78, 5) is 12.5. The maximum atomic E-state index is 12.5. The number of carbonyl (C=O) groups is 1. The maximum Gasteiger partial charge on any atom is 0.258 e. The molecule has 24 heavy (non-hydrogen) atoms. The van der Waals surface area contributed by atoms with Gasteiger partial charge in [-0.1, -0.05) is 54.1 Å². The van der Waals surface area contributed by atoms with Gasteiger partial charge in [-0.05, 0) is 29.3 Å². The first-order chi connectivity index (χ1) is 11.6. The molecule has 0 saturated carbocycles. The van der Waals surface area contributed by atoms with Crippen LogP contribution in [0.25, 0.3) is 0 Å². The van der Waals surface area contributed by atoms with E-state index in [-0.39, 0.29) is 11.9 Å². The number of aromatic nitrogens is 1. The molecular weight excluding hydrogens is 324 g/mol. The molecule has 0 saturated heterocycles. The van der Waals surface area contributed by atoms with E-state index in [1.165, 1.54) is 12.4 Å². The fraction of sp³-hybridized carbons (Fsp3) is 0.0526. The fourth-order valence-electron chi connectivity index (χ4n) is 2.46. The Morgan fingerprint density at radius 3 is 2.29 bits per heavy atom. The molecule has 5 heteroatoms. The Kier molecular flexibility index (Phi) is 4.77. The first-order valence-corrected chi connectivity index (χ1v) is 7.81. The SMILES string of the molecule is O=C(N[C@@H](c1ccccc1)c1ccc(Cl)cc1)c1ccc[n+]([O-])c1. The lowest BCUT2D eigenvalue weighted by atomic mass is 9.98. The van der Waals surface area contributed by atoms with Crippen LogP contribution in [-0.4, -0.2) is 5.91 Å². The molecule has 1 atom stereocenters. The maximum absolute atomic E-state index is 12.5. The van der Waals surface area contributed by atoms with Gasteiger partial charge < -0.3 is 10.5 Å². The van der Waals surface area contributed by atoms with E-state index in [9.17, 15) is 10.0 Å². The van der Waals surface area contributed by atoms with Crippen LogP contribution in [0.2, 0.25) is 5.02 Å². The Bertz CT molecular complexity index is 836. The lowest BCUT2D eigenvalue weighted by Gasteiger charge is -2.20. The number of hydrogen-bond acceptors (Lipinski definition) is 2. The van der Waals surface area contributed by atoms with Crippen LogP contribution in [0.15, 0.2) is 79.1 Å². The van der Waals surface area contributed by atoms with Crippen molar-refractivity contribution in [2.75, 3.05) is 0 Å². The summed E-state index contributed by atoms with van der Waals surface area (Å²) in [6.07, 6.45) is 2.59. The average molecular weight is 339 g/mol. The summed E-state index contributed by atoms with van der Waals surface area (Å²) in [5.74, 6) is -0.316. The van der Waals surface area contributed by atoms with Crippen molar-refractivity contribution < 1.29 is 9.52 Å². The van der Waals surface area contributed by atoms with E-state index < -0.39 is 0 Å². The molecule has 1 heterocycles. The summed E-state index contributed by atoms with van der Waals surface area (Å²) in [5.41, 5.74) is 2.16. The fourth-order valence-corrected chi connectivity index (χ4v) is 2.59. The van der Waals surface area contributed by atoms with Gasteiger partial charge in [0, 0.05) is 11.1 Å². The highest BCUT2D eigenvalue weighted by Crippen LogP contribution is 2.24. The number of rotatable bonds is 4. The van der Waals surface area contributed by atoms with Gasteiger partial charge in [0.25, 0.3) is 5.91 Å². The van der Waals surface area contributed by atoms with Gasteiger partial charge >= 0.3 is 0 Å². The number of amides is 1. The summed E-state index contributed by atoms with van der Waals surface area (Å²) in [5, 5.41) is 15.0. The standard InChI is InChI=1S/C19H15ClN2O2/c20-17-10-8-15(9-11-17)18(14-5-2-1-3-6-14)21-19(23)16-7-4-12-22(24)13-16/h1-13,18H,(H,21,23)/t18-/m0/s1. The number of carbonyl (C=O) groups excluding carboxylic acids is 1. The predicted molar refractivity (Wildman–Crippen MR) is 92.6 cm³/mol. The molecule has 1 aromatic heterocycles. The van der Waals surface area contributed by atoms with Crippen LogP contribution in [0.1, 0.15) is 27.5 Å². The largest absolute Gasteiger partial charge is 0.619 e. The van der Waals surface area contributed by atoms with Crippen molar-refractivity contribution >= 4 is 17.5 Å². The van der Waals surface area contributed by atoms with Gasteiger partial charge in [0.1, 0.15) is 5.56 Å². The zero-order valence-electron chi connectivity index (χ0n) is 12.7.